The van der Waals surface area contributed by atoms with Crippen LogP contribution in [-0.4, -0.2) is 28.3 Å². The summed E-state index contributed by atoms with van der Waals surface area (Å²) in [5.41, 5.74) is 3.30. The summed E-state index contributed by atoms with van der Waals surface area (Å²) >= 11 is 1.58. The summed E-state index contributed by atoms with van der Waals surface area (Å²) in [6, 6.07) is 14.8. The van der Waals surface area contributed by atoms with Crippen LogP contribution < -0.4 is 4.90 Å². The van der Waals surface area contributed by atoms with Crippen LogP contribution in [0.3, 0.4) is 0 Å². The van der Waals surface area contributed by atoms with Crippen molar-refractivity contribution in [3.05, 3.63) is 65.5 Å². The second-order valence-corrected chi connectivity index (χ2v) is 8.20. The van der Waals surface area contributed by atoms with E-state index >= 15 is 0 Å². The van der Waals surface area contributed by atoms with Crippen molar-refractivity contribution >= 4 is 28.4 Å². The Morgan fingerprint density at radius 3 is 2.80 bits per heavy atom. The molecule has 0 aromatic heterocycles. The zero-order valence-corrected chi connectivity index (χ0v) is 14.4. The van der Waals surface area contributed by atoms with Crippen LogP contribution in [0.25, 0.3) is 0 Å². The number of para-hydroxylation sites is 1. The van der Waals surface area contributed by atoms with E-state index in [4.69, 9.17) is 0 Å². The molecule has 5 rings (SSSR count). The molecular weight excluding hydrogens is 335 g/mol. The van der Waals surface area contributed by atoms with E-state index in [9.17, 15) is 9.18 Å². The van der Waals surface area contributed by atoms with E-state index in [-0.39, 0.29) is 17.8 Å². The Labute approximate surface area is 149 Å². The molecule has 2 aromatic carbocycles. The van der Waals surface area contributed by atoms with E-state index in [1.807, 2.05) is 6.07 Å². The van der Waals surface area contributed by atoms with Crippen LogP contribution in [0, 0.1) is 5.82 Å². The zero-order chi connectivity index (χ0) is 17.0. The highest BCUT2D eigenvalue weighted by Crippen LogP contribution is 2.51. The van der Waals surface area contributed by atoms with Crippen LogP contribution in [0.4, 0.5) is 10.1 Å². The molecule has 2 atom stereocenters. The highest BCUT2D eigenvalue weighted by atomic mass is 32.2. The SMILES string of the molecule is O=C1N=C(c2ccc(F)cc2)SC12Cc1ccccc1N1CCCC12. The average Bonchev–Trinajstić information content (AvgIpc) is 3.23. The van der Waals surface area contributed by atoms with Crippen molar-refractivity contribution in [2.45, 2.75) is 30.1 Å². The van der Waals surface area contributed by atoms with E-state index in [1.54, 1.807) is 23.9 Å². The average molecular weight is 352 g/mol. The number of carbonyl (C=O) groups excluding carboxylic acids is 1. The first-order chi connectivity index (χ1) is 12.2. The van der Waals surface area contributed by atoms with Crippen molar-refractivity contribution in [1.82, 2.24) is 0 Å². The molecule has 0 bridgehead atoms. The molecule has 2 aromatic rings. The van der Waals surface area contributed by atoms with E-state index in [0.29, 0.717) is 6.42 Å². The molecule has 126 valence electrons. The molecular formula is C20H17FN2OS. The van der Waals surface area contributed by atoms with E-state index in [1.165, 1.54) is 23.4 Å². The third-order valence-electron chi connectivity index (χ3n) is 5.48. The first kappa shape index (κ1) is 15.1. The Kier molecular flexibility index (Phi) is 3.29. The molecule has 2 unspecified atom stereocenters. The molecule has 0 radical (unpaired) electrons. The fourth-order valence-electron chi connectivity index (χ4n) is 4.35. The van der Waals surface area contributed by atoms with E-state index < -0.39 is 4.75 Å². The molecule has 3 nitrogen and oxygen atoms in total. The number of benzene rings is 2. The summed E-state index contributed by atoms with van der Waals surface area (Å²) in [6.07, 6.45) is 2.82. The first-order valence-corrected chi connectivity index (χ1v) is 9.42. The van der Waals surface area contributed by atoms with Crippen molar-refractivity contribution in [1.29, 1.82) is 0 Å². The van der Waals surface area contributed by atoms with Crippen LogP contribution in [0.1, 0.15) is 24.0 Å². The quantitative estimate of drug-likeness (QED) is 0.782. The van der Waals surface area contributed by atoms with Gasteiger partial charge in [-0.15, -0.1) is 0 Å². The number of hydrogen-bond donors (Lipinski definition) is 0. The fraction of sp³-hybridized carbons (Fsp3) is 0.300. The van der Waals surface area contributed by atoms with Crippen LogP contribution in [0.2, 0.25) is 0 Å². The zero-order valence-electron chi connectivity index (χ0n) is 13.6. The van der Waals surface area contributed by atoms with Gasteiger partial charge in [-0.1, -0.05) is 30.0 Å². The summed E-state index contributed by atoms with van der Waals surface area (Å²) in [7, 11) is 0. The van der Waals surface area contributed by atoms with E-state index in [0.717, 1.165) is 30.0 Å². The lowest BCUT2D eigenvalue weighted by atomic mass is 9.84. The fourth-order valence-corrected chi connectivity index (χ4v) is 5.81. The minimum Gasteiger partial charge on any atom is -0.366 e. The van der Waals surface area contributed by atoms with Gasteiger partial charge in [-0.05, 0) is 48.7 Å². The molecule has 1 spiro atoms. The Hall–Kier alpha value is -2.14. The molecule has 0 aliphatic carbocycles. The van der Waals surface area contributed by atoms with Gasteiger partial charge in [0.15, 0.2) is 0 Å². The number of hydrogen-bond acceptors (Lipinski definition) is 3. The van der Waals surface area contributed by atoms with Gasteiger partial charge in [0.2, 0.25) is 0 Å². The first-order valence-electron chi connectivity index (χ1n) is 8.60. The highest BCUT2D eigenvalue weighted by molar-refractivity contribution is 8.16. The second kappa shape index (κ2) is 5.43. The molecule has 0 N–H and O–H groups in total. The van der Waals surface area contributed by atoms with Gasteiger partial charge in [-0.3, -0.25) is 4.79 Å². The summed E-state index contributed by atoms with van der Waals surface area (Å²) in [4.78, 5) is 19.8. The molecule has 1 amide bonds. The molecule has 3 heterocycles. The Morgan fingerprint density at radius 2 is 1.96 bits per heavy atom. The van der Waals surface area contributed by atoms with Gasteiger partial charge in [-0.25, -0.2) is 9.38 Å². The van der Waals surface area contributed by atoms with Gasteiger partial charge in [-0.2, -0.15) is 0 Å². The Balaban J connectivity index is 1.56. The van der Waals surface area contributed by atoms with Crippen LogP contribution in [-0.2, 0) is 11.2 Å². The Morgan fingerprint density at radius 1 is 1.16 bits per heavy atom. The summed E-state index contributed by atoms with van der Waals surface area (Å²) in [5, 5.41) is 0.719. The minimum atomic E-state index is -0.547. The minimum absolute atomic E-state index is 0.0387. The molecule has 0 saturated carbocycles. The van der Waals surface area contributed by atoms with Gasteiger partial charge in [0.05, 0.1) is 6.04 Å². The summed E-state index contributed by atoms with van der Waals surface area (Å²) in [6.45, 7) is 0.989. The van der Waals surface area contributed by atoms with Crippen molar-refractivity contribution in [2.75, 3.05) is 11.4 Å². The number of carbonyl (C=O) groups is 1. The van der Waals surface area contributed by atoms with Gasteiger partial charge in [0.25, 0.3) is 5.91 Å². The lowest BCUT2D eigenvalue weighted by Gasteiger charge is -2.44. The maximum Gasteiger partial charge on any atom is 0.265 e. The molecule has 25 heavy (non-hydrogen) atoms. The smallest absolute Gasteiger partial charge is 0.265 e. The highest BCUT2D eigenvalue weighted by Gasteiger charge is 2.57. The topological polar surface area (TPSA) is 32.7 Å². The maximum atomic E-state index is 13.2. The van der Waals surface area contributed by atoms with Crippen molar-refractivity contribution in [2.24, 2.45) is 4.99 Å². The van der Waals surface area contributed by atoms with Gasteiger partial charge in [0.1, 0.15) is 15.6 Å². The molecule has 1 saturated heterocycles. The number of aliphatic imine (C=N–C) groups is 1. The number of rotatable bonds is 1. The number of thioether (sulfide) groups is 1. The van der Waals surface area contributed by atoms with Crippen LogP contribution in [0.15, 0.2) is 53.5 Å². The summed E-state index contributed by atoms with van der Waals surface area (Å²) in [5.74, 6) is -0.315. The van der Waals surface area contributed by atoms with Gasteiger partial charge in [0, 0.05) is 24.2 Å². The third-order valence-corrected chi connectivity index (χ3v) is 6.96. The normalized spacial score (nSPS) is 27.4. The molecule has 1 fully saturated rings. The summed E-state index contributed by atoms with van der Waals surface area (Å²) < 4.78 is 12.7. The van der Waals surface area contributed by atoms with Crippen molar-refractivity contribution in [3.63, 3.8) is 0 Å². The number of amides is 1. The standard InChI is InChI=1S/C20H17FN2OS/c21-15-9-7-13(8-10-15)18-22-19(24)20(25-18)12-14-4-1-2-5-16(14)23-11-3-6-17(20)23/h1-2,4-5,7-10,17H,3,6,11-12H2. The van der Waals surface area contributed by atoms with Gasteiger partial charge >= 0.3 is 0 Å². The number of halogens is 1. The molecule has 3 aliphatic rings. The predicted molar refractivity (Wildman–Crippen MR) is 98.8 cm³/mol. The van der Waals surface area contributed by atoms with E-state index in [2.05, 4.69) is 28.1 Å². The van der Waals surface area contributed by atoms with Crippen LogP contribution >= 0.6 is 11.8 Å². The lowest BCUT2D eigenvalue weighted by Crippen LogP contribution is -2.55. The molecule has 3 aliphatic heterocycles. The third kappa shape index (κ3) is 2.18. The van der Waals surface area contributed by atoms with Gasteiger partial charge < -0.3 is 4.90 Å². The number of nitrogens with zero attached hydrogens (tertiary/aromatic N) is 2. The number of fused-ring (bicyclic) bond motifs is 4. The second-order valence-electron chi connectivity index (χ2n) is 6.88. The monoisotopic (exact) mass is 352 g/mol. The van der Waals surface area contributed by atoms with Crippen molar-refractivity contribution < 1.29 is 9.18 Å². The Bertz CT molecular complexity index is 895. The maximum absolute atomic E-state index is 13.2. The predicted octanol–water partition coefficient (Wildman–Crippen LogP) is 3.81. The molecule has 5 heteroatoms. The largest absolute Gasteiger partial charge is 0.366 e. The van der Waals surface area contributed by atoms with Crippen LogP contribution in [0.5, 0.6) is 0 Å². The number of anilines is 1. The van der Waals surface area contributed by atoms with Crippen molar-refractivity contribution in [3.8, 4) is 0 Å². The lowest BCUT2D eigenvalue weighted by molar-refractivity contribution is -0.120.